The summed E-state index contributed by atoms with van der Waals surface area (Å²) < 4.78 is 41.9. The van der Waals surface area contributed by atoms with Gasteiger partial charge in [-0.1, -0.05) is 69.3 Å². The molecule has 1 N–H and O–H groups in total. The molecule has 2 aromatic carbocycles. The molecule has 1 heterocycles. The number of nitrogens with zero attached hydrogens (tertiary/aromatic N) is 1. The second-order valence-electron chi connectivity index (χ2n) is 7.37. The standard InChI is InChI=1S/C25H22F3NO3.C2H6/c1-4-8-16(5-2)14-29-15(3)22(24(31)32)20-13-17(11-12-19(20)23(29)30)18-9-6-7-10-21(18)25(26,27)28;1-2/h4,6-13H,1,5,14H2,2-3H3,(H,31,32);1-2H3/b16-8+;. The molecule has 180 valence electrons. The Hall–Kier alpha value is -3.61. The Kier molecular flexibility index (Phi) is 8.62. The summed E-state index contributed by atoms with van der Waals surface area (Å²) in [6.45, 7) is 11.3. The zero-order valence-electron chi connectivity index (χ0n) is 19.7. The van der Waals surface area contributed by atoms with Crippen LogP contribution < -0.4 is 5.56 Å². The van der Waals surface area contributed by atoms with Crippen LogP contribution in [0.25, 0.3) is 21.9 Å². The first-order valence-corrected chi connectivity index (χ1v) is 11.0. The quantitative estimate of drug-likeness (QED) is 0.386. The molecular formula is C27H28F3NO3. The fraction of sp³-hybridized carbons (Fsp3) is 0.259. The Bertz CT molecular complexity index is 1300. The van der Waals surface area contributed by atoms with Crippen LogP contribution in [-0.4, -0.2) is 15.6 Å². The van der Waals surface area contributed by atoms with E-state index in [-0.39, 0.29) is 39.7 Å². The average molecular weight is 472 g/mol. The van der Waals surface area contributed by atoms with Crippen molar-refractivity contribution in [1.82, 2.24) is 4.57 Å². The Balaban J connectivity index is 0.00000199. The summed E-state index contributed by atoms with van der Waals surface area (Å²) in [6, 6.07) is 9.23. The lowest BCUT2D eigenvalue weighted by Crippen LogP contribution is -2.26. The van der Waals surface area contributed by atoms with Crippen LogP contribution in [0.5, 0.6) is 0 Å². The molecule has 0 aliphatic rings. The van der Waals surface area contributed by atoms with Crippen molar-refractivity contribution in [3.63, 3.8) is 0 Å². The van der Waals surface area contributed by atoms with E-state index >= 15 is 0 Å². The number of rotatable bonds is 6. The van der Waals surface area contributed by atoms with Gasteiger partial charge in [-0.25, -0.2) is 4.79 Å². The normalized spacial score (nSPS) is 11.7. The molecule has 0 fully saturated rings. The van der Waals surface area contributed by atoms with Crippen molar-refractivity contribution in [2.75, 3.05) is 0 Å². The number of carboxylic acid groups (broad SMARTS) is 1. The highest BCUT2D eigenvalue weighted by Crippen LogP contribution is 2.38. The van der Waals surface area contributed by atoms with Crippen LogP contribution in [0, 0.1) is 6.92 Å². The van der Waals surface area contributed by atoms with E-state index in [0.29, 0.717) is 6.42 Å². The molecule has 0 bridgehead atoms. The molecule has 0 saturated carbocycles. The lowest BCUT2D eigenvalue weighted by atomic mass is 9.95. The van der Waals surface area contributed by atoms with E-state index in [1.165, 1.54) is 47.9 Å². The van der Waals surface area contributed by atoms with E-state index in [1.54, 1.807) is 12.2 Å². The molecule has 4 nitrogen and oxygen atoms in total. The molecule has 34 heavy (non-hydrogen) atoms. The number of allylic oxidation sites excluding steroid dienone is 3. The number of carbonyl (C=O) groups is 1. The summed E-state index contributed by atoms with van der Waals surface area (Å²) in [7, 11) is 0. The van der Waals surface area contributed by atoms with E-state index in [0.717, 1.165) is 11.6 Å². The maximum absolute atomic E-state index is 13.5. The zero-order chi connectivity index (χ0) is 25.6. The first-order chi connectivity index (χ1) is 16.1. The molecule has 0 atom stereocenters. The van der Waals surface area contributed by atoms with Gasteiger partial charge in [-0.05, 0) is 42.7 Å². The number of alkyl halides is 3. The molecule has 0 amide bonds. The Morgan fingerprint density at radius 1 is 1.12 bits per heavy atom. The fourth-order valence-corrected chi connectivity index (χ4v) is 3.83. The minimum Gasteiger partial charge on any atom is -0.478 e. The van der Waals surface area contributed by atoms with Gasteiger partial charge in [0.05, 0.1) is 11.1 Å². The van der Waals surface area contributed by atoms with Crippen LogP contribution in [-0.2, 0) is 12.7 Å². The molecule has 0 spiro atoms. The van der Waals surface area contributed by atoms with Gasteiger partial charge < -0.3 is 9.67 Å². The number of pyridine rings is 1. The lowest BCUT2D eigenvalue weighted by Gasteiger charge is -2.18. The summed E-state index contributed by atoms with van der Waals surface area (Å²) in [4.78, 5) is 25.3. The van der Waals surface area contributed by atoms with Gasteiger partial charge in [0.1, 0.15) is 0 Å². The van der Waals surface area contributed by atoms with Gasteiger partial charge in [0.25, 0.3) is 5.56 Å². The van der Waals surface area contributed by atoms with Crippen molar-refractivity contribution < 1.29 is 23.1 Å². The number of hydrogen-bond acceptors (Lipinski definition) is 2. The molecule has 1 aromatic heterocycles. The minimum atomic E-state index is -4.57. The van der Waals surface area contributed by atoms with Crippen LogP contribution in [0.3, 0.4) is 0 Å². The molecule has 0 aliphatic heterocycles. The minimum absolute atomic E-state index is 0.0812. The van der Waals surface area contributed by atoms with Gasteiger partial charge in [0, 0.05) is 23.0 Å². The van der Waals surface area contributed by atoms with Crippen LogP contribution in [0.1, 0.15) is 48.8 Å². The van der Waals surface area contributed by atoms with E-state index in [2.05, 4.69) is 6.58 Å². The molecule has 0 radical (unpaired) electrons. The number of carboxylic acids is 1. The lowest BCUT2D eigenvalue weighted by molar-refractivity contribution is -0.137. The molecular weight excluding hydrogens is 443 g/mol. The Morgan fingerprint density at radius 2 is 1.76 bits per heavy atom. The predicted molar refractivity (Wildman–Crippen MR) is 130 cm³/mol. The van der Waals surface area contributed by atoms with Crippen LogP contribution in [0.2, 0.25) is 0 Å². The van der Waals surface area contributed by atoms with Gasteiger partial charge in [0.15, 0.2) is 0 Å². The first-order valence-electron chi connectivity index (χ1n) is 11.0. The van der Waals surface area contributed by atoms with Crippen molar-refractivity contribution in [1.29, 1.82) is 0 Å². The molecule has 0 unspecified atom stereocenters. The number of hydrogen-bond donors (Lipinski definition) is 1. The highest BCUT2D eigenvalue weighted by Gasteiger charge is 2.33. The van der Waals surface area contributed by atoms with E-state index < -0.39 is 23.3 Å². The topological polar surface area (TPSA) is 59.3 Å². The monoisotopic (exact) mass is 471 g/mol. The van der Waals surface area contributed by atoms with Gasteiger partial charge in [0.2, 0.25) is 0 Å². The second-order valence-corrected chi connectivity index (χ2v) is 7.37. The van der Waals surface area contributed by atoms with Crippen molar-refractivity contribution >= 4 is 16.7 Å². The number of aromatic carboxylic acids is 1. The van der Waals surface area contributed by atoms with E-state index in [4.69, 9.17) is 0 Å². The molecule has 7 heteroatoms. The SMILES string of the molecule is C=C/C=C(\CC)Cn1c(C)c(C(=O)O)c2cc(-c3ccccc3C(F)(F)F)ccc2c1=O.CC. The number of fused-ring (bicyclic) bond motifs is 1. The van der Waals surface area contributed by atoms with E-state index in [1.807, 2.05) is 20.8 Å². The zero-order valence-corrected chi connectivity index (χ0v) is 19.7. The van der Waals surface area contributed by atoms with Crippen molar-refractivity contribution in [2.24, 2.45) is 0 Å². The largest absolute Gasteiger partial charge is 0.478 e. The van der Waals surface area contributed by atoms with Gasteiger partial charge in [-0.2, -0.15) is 13.2 Å². The highest BCUT2D eigenvalue weighted by molar-refractivity contribution is 6.05. The third-order valence-corrected chi connectivity index (χ3v) is 5.46. The second kappa shape index (κ2) is 11.0. The summed E-state index contributed by atoms with van der Waals surface area (Å²) >= 11 is 0. The molecule has 0 saturated heterocycles. The van der Waals surface area contributed by atoms with Crippen molar-refractivity contribution in [2.45, 2.75) is 46.8 Å². The van der Waals surface area contributed by atoms with Gasteiger partial charge >= 0.3 is 12.1 Å². The fourth-order valence-electron chi connectivity index (χ4n) is 3.83. The van der Waals surface area contributed by atoms with Crippen molar-refractivity contribution in [3.05, 3.63) is 93.9 Å². The van der Waals surface area contributed by atoms with Crippen LogP contribution >= 0.6 is 0 Å². The third kappa shape index (κ3) is 5.30. The number of aromatic nitrogens is 1. The number of halogens is 3. The summed E-state index contributed by atoms with van der Waals surface area (Å²) in [6.07, 6.45) is -0.559. The smallest absolute Gasteiger partial charge is 0.417 e. The highest BCUT2D eigenvalue weighted by atomic mass is 19.4. The average Bonchev–Trinajstić information content (AvgIpc) is 2.81. The Labute approximate surface area is 196 Å². The van der Waals surface area contributed by atoms with E-state index in [9.17, 15) is 27.9 Å². The maximum Gasteiger partial charge on any atom is 0.417 e. The summed E-state index contributed by atoms with van der Waals surface area (Å²) in [5.74, 6) is -1.26. The summed E-state index contributed by atoms with van der Waals surface area (Å²) in [5.41, 5.74) is -0.117. The third-order valence-electron chi connectivity index (χ3n) is 5.46. The Morgan fingerprint density at radius 3 is 2.32 bits per heavy atom. The van der Waals surface area contributed by atoms with Crippen LogP contribution in [0.4, 0.5) is 13.2 Å². The molecule has 0 aliphatic carbocycles. The first kappa shape index (κ1) is 26.6. The molecule has 3 rings (SSSR count). The van der Waals surface area contributed by atoms with Gasteiger partial charge in [-0.15, -0.1) is 0 Å². The predicted octanol–water partition coefficient (Wildman–Crippen LogP) is 7.24. The molecule has 3 aromatic rings. The number of benzene rings is 2. The maximum atomic E-state index is 13.5. The van der Waals surface area contributed by atoms with Crippen LogP contribution in [0.15, 0.2) is 71.6 Å². The van der Waals surface area contributed by atoms with Crippen molar-refractivity contribution in [3.8, 4) is 11.1 Å². The summed E-state index contributed by atoms with van der Waals surface area (Å²) in [5, 5.41) is 10.1. The van der Waals surface area contributed by atoms with Gasteiger partial charge in [-0.3, -0.25) is 4.79 Å².